The lowest BCUT2D eigenvalue weighted by Gasteiger charge is -2.36. The largest absolute Gasteiger partial charge is 0.360 e. The van der Waals surface area contributed by atoms with Gasteiger partial charge in [-0.05, 0) is 62.4 Å². The van der Waals surface area contributed by atoms with Crippen LogP contribution >= 0.6 is 11.3 Å². The Morgan fingerprint density at radius 2 is 1.90 bits per heavy atom. The number of amides is 1. The molecular formula is C23H28FN4OS+. The molecule has 0 spiro atoms. The van der Waals surface area contributed by atoms with Gasteiger partial charge in [0.05, 0.1) is 31.7 Å². The number of anilines is 2. The summed E-state index contributed by atoms with van der Waals surface area (Å²) >= 11 is 1.59. The van der Waals surface area contributed by atoms with Crippen molar-refractivity contribution in [1.29, 1.82) is 5.26 Å². The van der Waals surface area contributed by atoms with Crippen LogP contribution in [0.4, 0.5) is 15.1 Å². The second-order valence-corrected chi connectivity index (χ2v) is 9.32. The first-order chi connectivity index (χ1) is 14.6. The molecule has 1 aromatic heterocycles. The zero-order valence-electron chi connectivity index (χ0n) is 17.3. The van der Waals surface area contributed by atoms with E-state index in [2.05, 4.69) is 16.3 Å². The highest BCUT2D eigenvalue weighted by molar-refractivity contribution is 7.16. The van der Waals surface area contributed by atoms with E-state index in [9.17, 15) is 14.4 Å². The third-order valence-corrected chi connectivity index (χ3v) is 7.58. The van der Waals surface area contributed by atoms with Crippen LogP contribution in [0.1, 0.15) is 42.2 Å². The third-order valence-electron chi connectivity index (χ3n) is 6.37. The van der Waals surface area contributed by atoms with E-state index in [1.165, 1.54) is 28.3 Å². The Hall–Kier alpha value is -2.43. The Labute approximate surface area is 181 Å². The SMILES string of the molecule is C[C@@H](C(=O)Nc1sc2c(c1C#N)CCCCC2)[NH+]1CCN(c2ccc(F)cc2)CC1. The number of nitrogens with one attached hydrogen (secondary N) is 2. The lowest BCUT2D eigenvalue weighted by atomic mass is 10.1. The summed E-state index contributed by atoms with van der Waals surface area (Å²) < 4.78 is 13.2. The number of carbonyl (C=O) groups excluding carboxylic acids is 1. The Kier molecular flexibility index (Phi) is 6.35. The summed E-state index contributed by atoms with van der Waals surface area (Å²) in [6, 6.07) is 8.74. The summed E-state index contributed by atoms with van der Waals surface area (Å²) in [5, 5.41) is 13.5. The van der Waals surface area contributed by atoms with Crippen molar-refractivity contribution in [2.45, 2.75) is 45.1 Å². The van der Waals surface area contributed by atoms with Crippen molar-refractivity contribution in [1.82, 2.24) is 0 Å². The number of thiophene rings is 1. The molecule has 4 rings (SSSR count). The molecule has 1 aromatic carbocycles. The molecule has 0 unspecified atom stereocenters. The summed E-state index contributed by atoms with van der Waals surface area (Å²) in [5.41, 5.74) is 2.85. The van der Waals surface area contributed by atoms with Gasteiger partial charge in [-0.15, -0.1) is 11.3 Å². The number of benzene rings is 1. The van der Waals surface area contributed by atoms with Crippen LogP contribution in [-0.2, 0) is 17.6 Å². The van der Waals surface area contributed by atoms with Crippen molar-refractivity contribution in [3.8, 4) is 6.07 Å². The van der Waals surface area contributed by atoms with E-state index >= 15 is 0 Å². The molecular weight excluding hydrogens is 399 g/mol. The molecule has 1 aliphatic heterocycles. The van der Waals surface area contributed by atoms with Crippen LogP contribution in [0.2, 0.25) is 0 Å². The van der Waals surface area contributed by atoms with Gasteiger partial charge >= 0.3 is 0 Å². The molecule has 5 nitrogen and oxygen atoms in total. The van der Waals surface area contributed by atoms with E-state index in [0.29, 0.717) is 5.56 Å². The summed E-state index contributed by atoms with van der Waals surface area (Å²) in [5.74, 6) is -0.246. The Morgan fingerprint density at radius 3 is 2.60 bits per heavy atom. The van der Waals surface area contributed by atoms with Crippen molar-refractivity contribution in [2.75, 3.05) is 36.4 Å². The molecule has 0 radical (unpaired) electrons. The first-order valence-corrected chi connectivity index (χ1v) is 11.6. The fraction of sp³-hybridized carbons (Fsp3) is 0.478. The number of fused-ring (bicyclic) bond motifs is 1. The predicted molar refractivity (Wildman–Crippen MR) is 118 cm³/mol. The monoisotopic (exact) mass is 427 g/mol. The molecule has 0 bridgehead atoms. The van der Waals surface area contributed by atoms with Gasteiger partial charge in [-0.1, -0.05) is 6.42 Å². The first kappa shape index (κ1) is 20.8. The molecule has 1 aliphatic carbocycles. The normalized spacial score (nSPS) is 18.2. The first-order valence-electron chi connectivity index (χ1n) is 10.8. The van der Waals surface area contributed by atoms with Gasteiger partial charge in [0.25, 0.3) is 5.91 Å². The summed E-state index contributed by atoms with van der Waals surface area (Å²) in [6.07, 6.45) is 5.43. The maximum absolute atomic E-state index is 13.2. The average molecular weight is 428 g/mol. The Morgan fingerprint density at radius 1 is 1.20 bits per heavy atom. The molecule has 158 valence electrons. The lowest BCUT2D eigenvalue weighted by molar-refractivity contribution is -0.914. The molecule has 2 aliphatic rings. The number of carbonyl (C=O) groups is 1. The molecule has 30 heavy (non-hydrogen) atoms. The van der Waals surface area contributed by atoms with Gasteiger partial charge in [0.15, 0.2) is 6.04 Å². The molecule has 0 saturated carbocycles. The number of nitrogens with zero attached hydrogens (tertiary/aromatic N) is 2. The molecule has 1 amide bonds. The molecule has 7 heteroatoms. The van der Waals surface area contributed by atoms with Gasteiger partial charge in [-0.2, -0.15) is 5.26 Å². The van der Waals surface area contributed by atoms with Crippen LogP contribution in [0, 0.1) is 17.1 Å². The molecule has 1 saturated heterocycles. The van der Waals surface area contributed by atoms with Crippen LogP contribution in [0.5, 0.6) is 0 Å². The number of rotatable bonds is 4. The van der Waals surface area contributed by atoms with Gasteiger partial charge in [0, 0.05) is 10.6 Å². The topological polar surface area (TPSA) is 60.6 Å². The van der Waals surface area contributed by atoms with Crippen LogP contribution < -0.4 is 15.1 Å². The molecule has 2 N–H and O–H groups in total. The van der Waals surface area contributed by atoms with Gasteiger partial charge in [0.2, 0.25) is 0 Å². The number of nitriles is 1. The van der Waals surface area contributed by atoms with Gasteiger partial charge in [-0.25, -0.2) is 4.39 Å². The number of hydrogen-bond acceptors (Lipinski definition) is 4. The minimum atomic E-state index is -0.226. The van der Waals surface area contributed by atoms with E-state index in [-0.39, 0.29) is 17.8 Å². The Balaban J connectivity index is 1.38. The van der Waals surface area contributed by atoms with Crippen molar-refractivity contribution in [3.63, 3.8) is 0 Å². The van der Waals surface area contributed by atoms with Crippen LogP contribution in [0.3, 0.4) is 0 Å². The van der Waals surface area contributed by atoms with Crippen molar-refractivity contribution in [3.05, 3.63) is 46.1 Å². The van der Waals surface area contributed by atoms with Crippen molar-refractivity contribution < 1.29 is 14.1 Å². The fourth-order valence-electron chi connectivity index (χ4n) is 4.49. The minimum Gasteiger partial charge on any atom is -0.360 e. The van der Waals surface area contributed by atoms with Gasteiger partial charge in [-0.3, -0.25) is 4.79 Å². The highest BCUT2D eigenvalue weighted by Crippen LogP contribution is 2.37. The number of hydrogen-bond donors (Lipinski definition) is 2. The maximum Gasteiger partial charge on any atom is 0.283 e. The Bertz CT molecular complexity index is 941. The van der Waals surface area contributed by atoms with Crippen LogP contribution in [-0.4, -0.2) is 38.1 Å². The quantitative estimate of drug-likeness (QED) is 0.738. The smallest absolute Gasteiger partial charge is 0.283 e. The van der Waals surface area contributed by atoms with Gasteiger partial charge < -0.3 is 15.1 Å². The summed E-state index contributed by atoms with van der Waals surface area (Å²) in [4.78, 5) is 17.7. The fourth-order valence-corrected chi connectivity index (χ4v) is 5.73. The molecule has 2 aromatic rings. The van der Waals surface area contributed by atoms with E-state index in [1.54, 1.807) is 23.5 Å². The van der Waals surface area contributed by atoms with E-state index < -0.39 is 0 Å². The third kappa shape index (κ3) is 4.35. The van der Waals surface area contributed by atoms with Crippen LogP contribution in [0.25, 0.3) is 0 Å². The number of aryl methyl sites for hydroxylation is 1. The van der Waals surface area contributed by atoms with E-state index in [0.717, 1.165) is 68.1 Å². The highest BCUT2D eigenvalue weighted by Gasteiger charge is 2.30. The highest BCUT2D eigenvalue weighted by atomic mass is 32.1. The second kappa shape index (κ2) is 9.15. The van der Waals surface area contributed by atoms with Crippen molar-refractivity contribution in [2.24, 2.45) is 0 Å². The number of quaternary nitrogens is 1. The zero-order valence-corrected chi connectivity index (χ0v) is 18.2. The standard InChI is InChI=1S/C23H27FN4OS/c1-16(27-11-13-28(14-12-27)18-9-7-17(24)8-10-18)22(29)26-23-20(15-25)19-5-3-2-4-6-21(19)30-23/h7-10,16H,2-6,11-14H2,1H3,(H,26,29)/p+1/t16-/m0/s1. The molecule has 1 atom stereocenters. The number of halogens is 1. The van der Waals surface area contributed by atoms with Crippen molar-refractivity contribution >= 4 is 27.9 Å². The minimum absolute atomic E-state index is 0.0202. The maximum atomic E-state index is 13.2. The molecule has 1 fully saturated rings. The summed E-state index contributed by atoms with van der Waals surface area (Å²) in [7, 11) is 0. The second-order valence-electron chi connectivity index (χ2n) is 8.21. The van der Waals surface area contributed by atoms with E-state index in [1.807, 2.05) is 6.92 Å². The lowest BCUT2D eigenvalue weighted by Crippen LogP contribution is -3.19. The van der Waals surface area contributed by atoms with Gasteiger partial charge in [0.1, 0.15) is 16.9 Å². The zero-order chi connectivity index (χ0) is 21.1. The van der Waals surface area contributed by atoms with Crippen LogP contribution in [0.15, 0.2) is 24.3 Å². The number of piperazine rings is 1. The average Bonchev–Trinajstić information content (AvgIpc) is 2.92. The van der Waals surface area contributed by atoms with E-state index in [4.69, 9.17) is 0 Å². The summed E-state index contributed by atoms with van der Waals surface area (Å²) in [6.45, 7) is 5.31. The molecule has 2 heterocycles. The predicted octanol–water partition coefficient (Wildman–Crippen LogP) is 2.76.